The Morgan fingerprint density at radius 3 is 2.18 bits per heavy atom. The number of hydrogen-bond donors (Lipinski definition) is 0. The Hall–Kier alpha value is -2.97. The first-order valence-corrected chi connectivity index (χ1v) is 12.5. The molecule has 8 heteroatoms. The van der Waals surface area contributed by atoms with Crippen LogP contribution in [0.1, 0.15) is 48.0 Å². The molecule has 2 aromatic carbocycles. The highest BCUT2D eigenvalue weighted by Crippen LogP contribution is 2.24. The van der Waals surface area contributed by atoms with E-state index in [1.54, 1.807) is 11.8 Å². The first-order valence-electron chi connectivity index (χ1n) is 11.5. The molecule has 4 aromatic rings. The summed E-state index contributed by atoms with van der Waals surface area (Å²) in [5, 5.41) is 18.4. The highest BCUT2D eigenvalue weighted by molar-refractivity contribution is 7.98. The largest absolute Gasteiger partial charge is 0.424 e. The Labute approximate surface area is 198 Å². The van der Waals surface area contributed by atoms with E-state index in [9.17, 15) is 0 Å². The molecule has 3 heterocycles. The van der Waals surface area contributed by atoms with E-state index in [2.05, 4.69) is 66.3 Å². The minimum absolute atomic E-state index is 0.568. The summed E-state index contributed by atoms with van der Waals surface area (Å²) in [4.78, 5) is 2.48. The normalized spacial score (nSPS) is 14.5. The fourth-order valence-electron chi connectivity index (χ4n) is 4.10. The van der Waals surface area contributed by atoms with Gasteiger partial charge in [0.1, 0.15) is 5.82 Å². The molecule has 0 aliphatic carbocycles. The summed E-state index contributed by atoms with van der Waals surface area (Å²) >= 11 is 1.60. The molecular weight excluding hydrogens is 432 g/mol. The van der Waals surface area contributed by atoms with Gasteiger partial charge in [-0.25, -0.2) is 0 Å². The van der Waals surface area contributed by atoms with Gasteiger partial charge < -0.3 is 8.98 Å². The molecule has 7 nitrogen and oxygen atoms in total. The van der Waals surface area contributed by atoms with Gasteiger partial charge in [-0.15, -0.1) is 20.4 Å². The van der Waals surface area contributed by atoms with Crippen molar-refractivity contribution in [3.63, 3.8) is 0 Å². The minimum atomic E-state index is 0.568. The summed E-state index contributed by atoms with van der Waals surface area (Å²) in [5.74, 6) is 2.82. The third kappa shape index (κ3) is 5.89. The quantitative estimate of drug-likeness (QED) is 0.339. The molecule has 1 fully saturated rings. The van der Waals surface area contributed by atoms with E-state index >= 15 is 0 Å². The van der Waals surface area contributed by atoms with Crippen LogP contribution < -0.4 is 0 Å². The van der Waals surface area contributed by atoms with Crippen LogP contribution in [0, 0.1) is 0 Å². The molecule has 0 atom stereocenters. The van der Waals surface area contributed by atoms with E-state index in [0.29, 0.717) is 24.0 Å². The summed E-state index contributed by atoms with van der Waals surface area (Å²) in [6.07, 6.45) is 4.49. The van der Waals surface area contributed by atoms with Gasteiger partial charge in [0.05, 0.1) is 25.3 Å². The topological polar surface area (TPSA) is 72.9 Å². The summed E-state index contributed by atoms with van der Waals surface area (Å²) in [7, 11) is 0. The molecule has 2 aromatic heterocycles. The van der Waals surface area contributed by atoms with Crippen LogP contribution in [0.3, 0.4) is 0 Å². The number of hydrogen-bond acceptors (Lipinski definition) is 7. The van der Waals surface area contributed by atoms with Crippen molar-refractivity contribution in [2.45, 2.75) is 49.7 Å². The van der Waals surface area contributed by atoms with Crippen molar-refractivity contribution >= 4 is 11.8 Å². The monoisotopic (exact) mass is 460 g/mol. The van der Waals surface area contributed by atoms with Crippen molar-refractivity contribution in [1.29, 1.82) is 0 Å². The lowest BCUT2D eigenvalue weighted by atomic mass is 10.1. The third-order valence-corrected chi connectivity index (χ3v) is 6.77. The number of aromatic nitrogens is 5. The third-order valence-electron chi connectivity index (χ3n) is 5.82. The maximum Gasteiger partial charge on any atom is 0.226 e. The van der Waals surface area contributed by atoms with Crippen LogP contribution in [0.2, 0.25) is 0 Å². The molecule has 1 saturated heterocycles. The highest BCUT2D eigenvalue weighted by atomic mass is 32.2. The fraction of sp³-hybridized carbons (Fsp3) is 0.360. The lowest BCUT2D eigenvalue weighted by Crippen LogP contribution is -2.30. The molecule has 0 spiro atoms. The highest BCUT2D eigenvalue weighted by Gasteiger charge is 2.19. The van der Waals surface area contributed by atoms with Crippen LogP contribution in [0.5, 0.6) is 0 Å². The Morgan fingerprint density at radius 2 is 1.42 bits per heavy atom. The van der Waals surface area contributed by atoms with Crippen molar-refractivity contribution in [3.8, 4) is 0 Å². The molecule has 33 heavy (non-hydrogen) atoms. The maximum absolute atomic E-state index is 5.89. The smallest absolute Gasteiger partial charge is 0.226 e. The average Bonchev–Trinajstić information content (AvgIpc) is 3.46. The number of thioether (sulfide) groups is 1. The van der Waals surface area contributed by atoms with E-state index in [-0.39, 0.29) is 0 Å². The molecule has 0 amide bonds. The minimum Gasteiger partial charge on any atom is -0.424 e. The van der Waals surface area contributed by atoms with Gasteiger partial charge in [0.25, 0.3) is 0 Å². The van der Waals surface area contributed by atoms with E-state index in [4.69, 9.17) is 4.42 Å². The van der Waals surface area contributed by atoms with Crippen LogP contribution in [-0.4, -0.2) is 43.0 Å². The number of likely N-dealkylation sites (tertiary alicyclic amines) is 1. The molecule has 0 bridgehead atoms. The molecule has 0 unspecified atom stereocenters. The van der Waals surface area contributed by atoms with Crippen molar-refractivity contribution < 1.29 is 4.42 Å². The van der Waals surface area contributed by atoms with Crippen LogP contribution in [-0.2, 0) is 25.3 Å². The van der Waals surface area contributed by atoms with Gasteiger partial charge in [-0.1, -0.05) is 78.8 Å². The standard InChI is InChI=1S/C25H28N6OS/c1-4-10-20(11-5-1)16-23-27-28-24(32-23)19-33-25-29-26-22(18-30-14-8-3-9-15-30)31(25)17-21-12-6-2-7-13-21/h1-2,4-7,10-13H,3,8-9,14-19H2. The maximum atomic E-state index is 5.89. The van der Waals surface area contributed by atoms with E-state index in [0.717, 1.165) is 42.7 Å². The summed E-state index contributed by atoms with van der Waals surface area (Å²) in [5.41, 5.74) is 2.40. The Kier molecular flexibility index (Phi) is 7.13. The van der Waals surface area contributed by atoms with Gasteiger partial charge in [-0.05, 0) is 37.1 Å². The molecule has 5 rings (SSSR count). The number of benzene rings is 2. The van der Waals surface area contributed by atoms with Gasteiger partial charge in [0.2, 0.25) is 11.8 Å². The Bertz CT molecular complexity index is 1140. The van der Waals surface area contributed by atoms with Gasteiger partial charge in [-0.2, -0.15) is 0 Å². The first kappa shape index (κ1) is 21.9. The first-order chi connectivity index (χ1) is 16.3. The van der Waals surface area contributed by atoms with Crippen molar-refractivity contribution in [3.05, 3.63) is 89.4 Å². The molecule has 1 aliphatic heterocycles. The summed E-state index contributed by atoms with van der Waals surface area (Å²) in [6.45, 7) is 3.85. The fourth-order valence-corrected chi connectivity index (χ4v) is 4.89. The zero-order chi connectivity index (χ0) is 22.3. The molecule has 1 aliphatic rings. The number of rotatable bonds is 9. The lowest BCUT2D eigenvalue weighted by molar-refractivity contribution is 0.213. The van der Waals surface area contributed by atoms with Crippen LogP contribution >= 0.6 is 11.8 Å². The molecule has 0 saturated carbocycles. The van der Waals surface area contributed by atoms with E-state index in [1.165, 1.54) is 24.8 Å². The second kappa shape index (κ2) is 10.8. The van der Waals surface area contributed by atoms with Crippen molar-refractivity contribution in [2.75, 3.05) is 13.1 Å². The summed E-state index contributed by atoms with van der Waals surface area (Å²) < 4.78 is 8.12. The zero-order valence-electron chi connectivity index (χ0n) is 18.6. The predicted molar refractivity (Wildman–Crippen MR) is 128 cm³/mol. The molecular formula is C25H28N6OS. The lowest BCUT2D eigenvalue weighted by Gasteiger charge is -2.26. The van der Waals surface area contributed by atoms with Gasteiger partial charge in [0.15, 0.2) is 5.16 Å². The second-order valence-electron chi connectivity index (χ2n) is 8.35. The molecule has 0 radical (unpaired) electrons. The van der Waals surface area contributed by atoms with E-state index < -0.39 is 0 Å². The zero-order valence-corrected chi connectivity index (χ0v) is 19.5. The van der Waals surface area contributed by atoms with Gasteiger partial charge >= 0.3 is 0 Å². The average molecular weight is 461 g/mol. The van der Waals surface area contributed by atoms with Crippen LogP contribution in [0.25, 0.3) is 0 Å². The van der Waals surface area contributed by atoms with Gasteiger partial charge in [0, 0.05) is 0 Å². The van der Waals surface area contributed by atoms with Crippen LogP contribution in [0.15, 0.2) is 70.2 Å². The molecule has 0 N–H and O–H groups in total. The Morgan fingerprint density at radius 1 is 0.727 bits per heavy atom. The van der Waals surface area contributed by atoms with Crippen LogP contribution in [0.4, 0.5) is 0 Å². The summed E-state index contributed by atoms with van der Waals surface area (Å²) in [6, 6.07) is 20.6. The predicted octanol–water partition coefficient (Wildman–Crippen LogP) is 4.58. The number of piperidine rings is 1. The Balaban J connectivity index is 1.29. The van der Waals surface area contributed by atoms with E-state index in [1.807, 2.05) is 24.3 Å². The van der Waals surface area contributed by atoms with Crippen molar-refractivity contribution in [1.82, 2.24) is 29.9 Å². The second-order valence-corrected chi connectivity index (χ2v) is 9.29. The number of nitrogens with zero attached hydrogens (tertiary/aromatic N) is 6. The van der Waals surface area contributed by atoms with Crippen molar-refractivity contribution in [2.24, 2.45) is 0 Å². The van der Waals surface area contributed by atoms with Gasteiger partial charge in [-0.3, -0.25) is 4.90 Å². The molecule has 170 valence electrons. The SMILES string of the molecule is c1ccc(Cc2nnc(CSc3nnc(CN4CCCCC4)n3Cc3ccccc3)o2)cc1.